The van der Waals surface area contributed by atoms with Crippen LogP contribution in [0.2, 0.25) is 0 Å². The molecule has 1 aromatic heterocycles. The highest BCUT2D eigenvalue weighted by Gasteiger charge is 2.12. The van der Waals surface area contributed by atoms with E-state index in [-0.39, 0.29) is 11.6 Å². The molecule has 0 fully saturated rings. The molecule has 0 saturated carbocycles. The number of carbonyl (C=O) groups is 1. The van der Waals surface area contributed by atoms with Gasteiger partial charge in [-0.25, -0.2) is 4.79 Å². The molecular formula is C14H16N4O2. The van der Waals surface area contributed by atoms with Crippen LogP contribution in [-0.4, -0.2) is 27.0 Å². The minimum atomic E-state index is -1.03. The standard InChI is InChI=1S/C14H16N4O2/c1-9(2)7-12(14(19)20)16-18-13-11-6-4-3-5-10(11)8-15-17-13/h3-6,8-9H,7H2,1-2H3,(H,17,18)(H,19,20)/b16-12+. The number of nitrogens with zero attached hydrogens (tertiary/aromatic N) is 3. The van der Waals surface area contributed by atoms with Crippen LogP contribution in [0.3, 0.4) is 0 Å². The van der Waals surface area contributed by atoms with Gasteiger partial charge in [-0.05, 0) is 5.92 Å². The highest BCUT2D eigenvalue weighted by atomic mass is 16.4. The first-order valence-corrected chi connectivity index (χ1v) is 6.34. The van der Waals surface area contributed by atoms with Crippen LogP contribution in [-0.2, 0) is 4.79 Å². The zero-order chi connectivity index (χ0) is 14.5. The summed E-state index contributed by atoms with van der Waals surface area (Å²) in [4.78, 5) is 11.1. The molecule has 2 N–H and O–H groups in total. The minimum Gasteiger partial charge on any atom is -0.477 e. The number of benzene rings is 1. The van der Waals surface area contributed by atoms with Crippen LogP contribution < -0.4 is 5.43 Å². The maximum Gasteiger partial charge on any atom is 0.352 e. The van der Waals surface area contributed by atoms with Gasteiger partial charge in [-0.15, -0.1) is 5.10 Å². The van der Waals surface area contributed by atoms with Gasteiger partial charge in [0.15, 0.2) is 5.82 Å². The first kappa shape index (κ1) is 13.9. The highest BCUT2D eigenvalue weighted by molar-refractivity contribution is 6.35. The predicted octanol–water partition coefficient (Wildman–Crippen LogP) is 2.53. The van der Waals surface area contributed by atoms with Gasteiger partial charge in [0.05, 0.1) is 6.20 Å². The number of carboxylic acid groups (broad SMARTS) is 1. The molecule has 0 spiro atoms. The van der Waals surface area contributed by atoms with Gasteiger partial charge in [0, 0.05) is 17.2 Å². The number of carboxylic acids is 1. The fraction of sp³-hybridized carbons (Fsp3) is 0.286. The van der Waals surface area contributed by atoms with Gasteiger partial charge in [-0.1, -0.05) is 38.1 Å². The molecule has 0 amide bonds. The van der Waals surface area contributed by atoms with E-state index in [1.165, 1.54) is 0 Å². The molecule has 2 aromatic rings. The van der Waals surface area contributed by atoms with Crippen LogP contribution in [0.4, 0.5) is 5.82 Å². The maximum atomic E-state index is 11.1. The molecule has 0 atom stereocenters. The predicted molar refractivity (Wildman–Crippen MR) is 77.7 cm³/mol. The van der Waals surface area contributed by atoms with E-state index in [9.17, 15) is 4.79 Å². The molecule has 1 aromatic carbocycles. The van der Waals surface area contributed by atoms with Gasteiger partial charge < -0.3 is 5.11 Å². The Hall–Kier alpha value is -2.50. The molecule has 2 rings (SSSR count). The first-order chi connectivity index (χ1) is 9.58. The van der Waals surface area contributed by atoms with Crippen molar-refractivity contribution in [1.82, 2.24) is 10.2 Å². The van der Waals surface area contributed by atoms with E-state index in [1.54, 1.807) is 6.20 Å². The zero-order valence-corrected chi connectivity index (χ0v) is 11.4. The third-order valence-electron chi connectivity index (χ3n) is 2.72. The van der Waals surface area contributed by atoms with E-state index in [0.717, 1.165) is 10.8 Å². The fourth-order valence-corrected chi connectivity index (χ4v) is 1.80. The lowest BCUT2D eigenvalue weighted by atomic mass is 10.1. The summed E-state index contributed by atoms with van der Waals surface area (Å²) in [5, 5.41) is 22.6. The lowest BCUT2D eigenvalue weighted by molar-refractivity contribution is -0.129. The summed E-state index contributed by atoms with van der Waals surface area (Å²) < 4.78 is 0. The molecule has 0 aliphatic rings. The van der Waals surface area contributed by atoms with Crippen molar-refractivity contribution >= 4 is 28.3 Å². The van der Waals surface area contributed by atoms with Crippen molar-refractivity contribution < 1.29 is 9.90 Å². The second-order valence-electron chi connectivity index (χ2n) is 4.85. The first-order valence-electron chi connectivity index (χ1n) is 6.34. The van der Waals surface area contributed by atoms with E-state index in [0.29, 0.717) is 12.2 Å². The quantitative estimate of drug-likeness (QED) is 0.645. The van der Waals surface area contributed by atoms with E-state index < -0.39 is 5.97 Å². The molecule has 104 valence electrons. The third-order valence-corrected chi connectivity index (χ3v) is 2.72. The molecule has 0 radical (unpaired) electrons. The third kappa shape index (κ3) is 3.28. The average molecular weight is 272 g/mol. The Bertz CT molecular complexity index is 647. The molecule has 6 nitrogen and oxygen atoms in total. The van der Waals surface area contributed by atoms with E-state index in [1.807, 2.05) is 38.1 Å². The number of fused-ring (bicyclic) bond motifs is 1. The number of hydrogen-bond acceptors (Lipinski definition) is 5. The van der Waals surface area contributed by atoms with Crippen molar-refractivity contribution in [3.8, 4) is 0 Å². The largest absolute Gasteiger partial charge is 0.477 e. The van der Waals surface area contributed by atoms with Crippen LogP contribution in [0.15, 0.2) is 35.6 Å². The Labute approximate surface area is 116 Å². The normalized spacial score (nSPS) is 11.8. The SMILES string of the molecule is CC(C)C/C(=N\Nc1nncc2ccccc12)C(=O)O. The van der Waals surface area contributed by atoms with Crippen LogP contribution in [0.25, 0.3) is 10.8 Å². The van der Waals surface area contributed by atoms with Crippen molar-refractivity contribution in [2.75, 3.05) is 5.43 Å². The molecule has 0 unspecified atom stereocenters. The van der Waals surface area contributed by atoms with Crippen molar-refractivity contribution in [2.24, 2.45) is 11.0 Å². The number of aliphatic carboxylic acids is 1. The summed E-state index contributed by atoms with van der Waals surface area (Å²) in [6.45, 7) is 3.88. The molecular weight excluding hydrogens is 256 g/mol. The summed E-state index contributed by atoms with van der Waals surface area (Å²) in [6, 6.07) is 7.57. The Morgan fingerprint density at radius 3 is 2.85 bits per heavy atom. The fourth-order valence-electron chi connectivity index (χ4n) is 1.80. The second-order valence-corrected chi connectivity index (χ2v) is 4.85. The van der Waals surface area contributed by atoms with E-state index in [2.05, 4.69) is 20.7 Å². The van der Waals surface area contributed by atoms with Crippen LogP contribution in [0, 0.1) is 5.92 Å². The second kappa shape index (κ2) is 6.10. The van der Waals surface area contributed by atoms with E-state index >= 15 is 0 Å². The van der Waals surface area contributed by atoms with Crippen molar-refractivity contribution in [2.45, 2.75) is 20.3 Å². The van der Waals surface area contributed by atoms with Gasteiger partial charge >= 0.3 is 5.97 Å². The lowest BCUT2D eigenvalue weighted by Crippen LogP contribution is -2.17. The summed E-state index contributed by atoms with van der Waals surface area (Å²) in [5.74, 6) is -0.366. The summed E-state index contributed by atoms with van der Waals surface area (Å²) >= 11 is 0. The number of hydrogen-bond donors (Lipinski definition) is 2. The Morgan fingerprint density at radius 1 is 1.40 bits per heavy atom. The Morgan fingerprint density at radius 2 is 2.15 bits per heavy atom. The summed E-state index contributed by atoms with van der Waals surface area (Å²) in [5.41, 5.74) is 2.79. The van der Waals surface area contributed by atoms with E-state index in [4.69, 9.17) is 5.11 Å². The summed E-state index contributed by atoms with van der Waals surface area (Å²) in [6.07, 6.45) is 2.04. The summed E-state index contributed by atoms with van der Waals surface area (Å²) in [7, 11) is 0. The molecule has 20 heavy (non-hydrogen) atoms. The topological polar surface area (TPSA) is 87.5 Å². The Balaban J connectivity index is 2.29. The number of rotatable bonds is 5. The molecule has 1 heterocycles. The van der Waals surface area contributed by atoms with Crippen molar-refractivity contribution in [3.05, 3.63) is 30.5 Å². The Kier molecular flexibility index (Phi) is 4.24. The molecule has 0 aliphatic carbocycles. The van der Waals surface area contributed by atoms with Gasteiger partial charge in [-0.3, -0.25) is 5.43 Å². The van der Waals surface area contributed by atoms with Crippen LogP contribution >= 0.6 is 0 Å². The average Bonchev–Trinajstić information content (AvgIpc) is 2.42. The number of aromatic nitrogens is 2. The van der Waals surface area contributed by atoms with Gasteiger partial charge in [0.25, 0.3) is 0 Å². The number of hydrazone groups is 1. The monoisotopic (exact) mass is 272 g/mol. The van der Waals surface area contributed by atoms with Crippen LogP contribution in [0.5, 0.6) is 0 Å². The van der Waals surface area contributed by atoms with Crippen molar-refractivity contribution in [3.63, 3.8) is 0 Å². The molecule has 0 bridgehead atoms. The molecule has 6 heteroatoms. The number of anilines is 1. The smallest absolute Gasteiger partial charge is 0.352 e. The molecule has 0 aliphatic heterocycles. The van der Waals surface area contributed by atoms with Gasteiger partial charge in [0.2, 0.25) is 0 Å². The van der Waals surface area contributed by atoms with Gasteiger partial charge in [-0.2, -0.15) is 10.2 Å². The zero-order valence-electron chi connectivity index (χ0n) is 11.4. The maximum absolute atomic E-state index is 11.1. The highest BCUT2D eigenvalue weighted by Crippen LogP contribution is 2.19. The van der Waals surface area contributed by atoms with Gasteiger partial charge in [0.1, 0.15) is 5.71 Å². The lowest BCUT2D eigenvalue weighted by Gasteiger charge is -2.07. The van der Waals surface area contributed by atoms with Crippen LogP contribution in [0.1, 0.15) is 20.3 Å². The minimum absolute atomic E-state index is 0.0785. The van der Waals surface area contributed by atoms with Crippen molar-refractivity contribution in [1.29, 1.82) is 0 Å². The molecule has 0 saturated heterocycles. The number of nitrogens with one attached hydrogen (secondary N) is 1.